The van der Waals surface area contributed by atoms with Crippen molar-refractivity contribution in [1.29, 1.82) is 0 Å². The van der Waals surface area contributed by atoms with Crippen LogP contribution in [0.1, 0.15) is 48.8 Å². The first-order chi connectivity index (χ1) is 21.3. The topological polar surface area (TPSA) is 107 Å². The van der Waals surface area contributed by atoms with E-state index in [1.165, 1.54) is 4.90 Å². The minimum atomic E-state index is -1.39. The van der Waals surface area contributed by atoms with Crippen LogP contribution >= 0.6 is 0 Å². The Hall–Kier alpha value is -4.72. The van der Waals surface area contributed by atoms with Crippen molar-refractivity contribution in [2.45, 2.75) is 44.4 Å². The molecule has 44 heavy (non-hydrogen) atoms. The van der Waals surface area contributed by atoms with E-state index in [1.54, 1.807) is 18.2 Å². The number of hydrogen-bond donors (Lipinski definition) is 2. The van der Waals surface area contributed by atoms with E-state index in [4.69, 9.17) is 0 Å². The second-order valence-electron chi connectivity index (χ2n) is 12.5. The molecule has 0 spiro atoms. The third-order valence-corrected chi connectivity index (χ3v) is 10.2. The number of hydrazine groups is 1. The number of phenols is 1. The van der Waals surface area contributed by atoms with Gasteiger partial charge in [0.1, 0.15) is 5.75 Å². The number of benzene rings is 3. The van der Waals surface area contributed by atoms with Crippen LogP contribution in [-0.4, -0.2) is 45.2 Å². The number of anilines is 1. The third-order valence-electron chi connectivity index (χ3n) is 10.2. The molecule has 3 aromatic carbocycles. The number of nitrogens with zero attached hydrogens (tertiary/aromatic N) is 2. The number of allylic oxidation sites excluding steroid dienone is 2. The number of phenolic OH excluding ortho intramolecular Hbond substituents is 1. The zero-order valence-electron chi connectivity index (χ0n) is 24.8. The number of amides is 4. The summed E-state index contributed by atoms with van der Waals surface area (Å²) in [6.07, 6.45) is 3.28. The minimum absolute atomic E-state index is 0.0156. The Balaban J connectivity index is 1.44. The predicted molar refractivity (Wildman–Crippen MR) is 164 cm³/mol. The van der Waals surface area contributed by atoms with Crippen LogP contribution < -0.4 is 5.43 Å². The van der Waals surface area contributed by atoms with E-state index in [0.717, 1.165) is 16.1 Å². The van der Waals surface area contributed by atoms with Gasteiger partial charge in [-0.2, -0.15) is 5.01 Å². The smallest absolute Gasteiger partial charge is 0.260 e. The van der Waals surface area contributed by atoms with Crippen molar-refractivity contribution in [3.63, 3.8) is 0 Å². The highest BCUT2D eigenvalue weighted by Gasteiger charge is 2.70. The van der Waals surface area contributed by atoms with Gasteiger partial charge in [-0.05, 0) is 55.9 Å². The fourth-order valence-corrected chi connectivity index (χ4v) is 8.33. The molecule has 2 aliphatic heterocycles. The average molecular weight is 590 g/mol. The molecule has 6 unspecified atom stereocenters. The number of carbonyl (C=O) groups excluding carboxylic acids is 4. The van der Waals surface area contributed by atoms with Crippen LogP contribution in [0.25, 0.3) is 0 Å². The van der Waals surface area contributed by atoms with E-state index in [1.807, 2.05) is 80.6 Å². The quantitative estimate of drug-likeness (QED) is 0.306. The van der Waals surface area contributed by atoms with Gasteiger partial charge in [0.05, 0.1) is 28.9 Å². The van der Waals surface area contributed by atoms with Gasteiger partial charge in [-0.25, -0.2) is 0 Å². The SMILES string of the molecule is CCCN1C(=O)C2CC=C3C(CC4C(=O)N(Nc5ccc(C)cc5)C(=O)C4(c4ccccc4)C3c3ccccc3O)C2C1=O. The number of fused-ring (bicyclic) bond motifs is 4. The second kappa shape index (κ2) is 10.5. The van der Waals surface area contributed by atoms with E-state index in [0.29, 0.717) is 36.2 Å². The fourth-order valence-electron chi connectivity index (χ4n) is 8.33. The van der Waals surface area contributed by atoms with Gasteiger partial charge in [-0.1, -0.05) is 84.8 Å². The molecule has 7 rings (SSSR count). The van der Waals surface area contributed by atoms with E-state index in [-0.39, 0.29) is 29.9 Å². The molecule has 224 valence electrons. The molecule has 2 aliphatic carbocycles. The summed E-state index contributed by atoms with van der Waals surface area (Å²) in [6.45, 7) is 4.26. The molecule has 0 aromatic heterocycles. The lowest BCUT2D eigenvalue weighted by Crippen LogP contribution is -2.53. The largest absolute Gasteiger partial charge is 0.508 e. The van der Waals surface area contributed by atoms with Crippen LogP contribution in [0.4, 0.5) is 5.69 Å². The predicted octanol–water partition coefficient (Wildman–Crippen LogP) is 5.10. The maximum absolute atomic E-state index is 15.0. The summed E-state index contributed by atoms with van der Waals surface area (Å²) in [5, 5.41) is 12.5. The molecule has 4 amide bonds. The maximum Gasteiger partial charge on any atom is 0.260 e. The number of hydrogen-bond acceptors (Lipinski definition) is 6. The minimum Gasteiger partial charge on any atom is -0.508 e. The fraction of sp³-hybridized carbons (Fsp3) is 0.333. The molecular weight excluding hydrogens is 554 g/mol. The first-order valence-electron chi connectivity index (χ1n) is 15.4. The van der Waals surface area contributed by atoms with Crippen molar-refractivity contribution in [3.05, 3.63) is 107 Å². The molecule has 0 bridgehead atoms. The molecule has 8 heteroatoms. The Labute approximate surface area is 256 Å². The summed E-state index contributed by atoms with van der Waals surface area (Å²) in [5.41, 5.74) is 5.38. The van der Waals surface area contributed by atoms with Crippen molar-refractivity contribution in [2.24, 2.45) is 23.7 Å². The van der Waals surface area contributed by atoms with Gasteiger partial charge >= 0.3 is 0 Å². The third kappa shape index (κ3) is 3.89. The summed E-state index contributed by atoms with van der Waals surface area (Å²) in [5.74, 6) is -4.26. The first kappa shape index (κ1) is 28.1. The van der Waals surface area contributed by atoms with Gasteiger partial charge in [0, 0.05) is 18.0 Å². The molecule has 2 N–H and O–H groups in total. The molecular formula is C36H35N3O5. The Bertz CT molecular complexity index is 1700. The zero-order valence-corrected chi connectivity index (χ0v) is 24.8. The van der Waals surface area contributed by atoms with E-state index < -0.39 is 40.9 Å². The molecule has 4 aliphatic rings. The Morgan fingerprint density at radius 1 is 0.864 bits per heavy atom. The van der Waals surface area contributed by atoms with E-state index >= 15 is 0 Å². The standard InChI is InChI=1S/C36H35N3O5/c1-3-19-38-32(41)26-18-17-24-27(30(26)34(38)43)20-28-33(42)39(37-23-15-13-21(2)14-16-23)35(44)36(28,22-9-5-4-6-10-22)31(24)25-11-7-8-12-29(25)40/h4-17,26-28,30-31,37,40H,3,18-20H2,1-2H3. The summed E-state index contributed by atoms with van der Waals surface area (Å²) in [7, 11) is 0. The van der Waals surface area contributed by atoms with Gasteiger partial charge in [0.2, 0.25) is 11.8 Å². The van der Waals surface area contributed by atoms with E-state index in [2.05, 4.69) is 5.43 Å². The lowest BCUT2D eigenvalue weighted by molar-refractivity contribution is -0.141. The van der Waals surface area contributed by atoms with Crippen molar-refractivity contribution in [3.8, 4) is 5.75 Å². The van der Waals surface area contributed by atoms with E-state index in [9.17, 15) is 24.3 Å². The molecule has 1 saturated carbocycles. The lowest BCUT2D eigenvalue weighted by Gasteiger charge is -2.50. The van der Waals surface area contributed by atoms with Crippen LogP contribution in [0.5, 0.6) is 5.75 Å². The monoisotopic (exact) mass is 589 g/mol. The normalized spacial score (nSPS) is 29.3. The van der Waals surface area contributed by atoms with Gasteiger partial charge < -0.3 is 5.11 Å². The van der Waals surface area contributed by atoms with Gasteiger partial charge in [-0.3, -0.25) is 29.5 Å². The summed E-state index contributed by atoms with van der Waals surface area (Å²) in [4.78, 5) is 58.2. The number of nitrogens with one attached hydrogen (secondary N) is 1. The second-order valence-corrected chi connectivity index (χ2v) is 12.5. The molecule has 3 fully saturated rings. The highest BCUT2D eigenvalue weighted by atomic mass is 16.3. The number of rotatable bonds is 6. The number of aryl methyl sites for hydroxylation is 1. The first-order valence-corrected chi connectivity index (χ1v) is 15.4. The number of para-hydroxylation sites is 1. The highest BCUT2D eigenvalue weighted by molar-refractivity contribution is 6.13. The summed E-state index contributed by atoms with van der Waals surface area (Å²) in [6, 6.07) is 23.7. The molecule has 0 radical (unpaired) electrons. The van der Waals surface area contributed by atoms with Gasteiger partial charge in [0.15, 0.2) is 0 Å². The zero-order chi connectivity index (χ0) is 30.7. The van der Waals surface area contributed by atoms with Crippen LogP contribution in [0.3, 0.4) is 0 Å². The summed E-state index contributed by atoms with van der Waals surface area (Å²) >= 11 is 0. The maximum atomic E-state index is 15.0. The van der Waals surface area contributed by atoms with Crippen LogP contribution in [0.2, 0.25) is 0 Å². The number of carbonyl (C=O) groups is 4. The number of aromatic hydroxyl groups is 1. The van der Waals surface area contributed by atoms with Crippen molar-refractivity contribution in [2.75, 3.05) is 12.0 Å². The van der Waals surface area contributed by atoms with Gasteiger partial charge in [0.25, 0.3) is 11.8 Å². The van der Waals surface area contributed by atoms with Gasteiger partial charge in [-0.15, -0.1) is 0 Å². The Morgan fingerprint density at radius 2 is 1.57 bits per heavy atom. The van der Waals surface area contributed by atoms with Crippen LogP contribution in [0.15, 0.2) is 90.5 Å². The molecule has 3 aromatic rings. The Kier molecular flexibility index (Phi) is 6.68. The van der Waals surface area contributed by atoms with Crippen molar-refractivity contribution < 1.29 is 24.3 Å². The Morgan fingerprint density at radius 3 is 2.27 bits per heavy atom. The number of imide groups is 2. The van der Waals surface area contributed by atoms with Crippen molar-refractivity contribution in [1.82, 2.24) is 9.91 Å². The van der Waals surface area contributed by atoms with Crippen LogP contribution in [-0.2, 0) is 24.6 Å². The number of likely N-dealkylation sites (tertiary alicyclic amines) is 1. The lowest BCUT2D eigenvalue weighted by atomic mass is 9.49. The summed E-state index contributed by atoms with van der Waals surface area (Å²) < 4.78 is 0. The molecule has 8 nitrogen and oxygen atoms in total. The molecule has 2 heterocycles. The van der Waals surface area contributed by atoms with Crippen molar-refractivity contribution >= 4 is 29.3 Å². The molecule has 2 saturated heterocycles. The molecule has 6 atom stereocenters. The average Bonchev–Trinajstić information content (AvgIpc) is 3.40. The highest BCUT2D eigenvalue weighted by Crippen LogP contribution is 2.64. The van der Waals surface area contributed by atoms with Crippen LogP contribution in [0, 0.1) is 30.6 Å².